The Morgan fingerprint density at radius 3 is 2.08 bits per heavy atom. The summed E-state index contributed by atoms with van der Waals surface area (Å²) in [5.74, 6) is -0.842. The van der Waals surface area contributed by atoms with E-state index >= 15 is 0 Å². The maximum absolute atomic E-state index is 13.7. The van der Waals surface area contributed by atoms with Crippen LogP contribution in [0.1, 0.15) is 24.8 Å². The molecule has 0 bridgehead atoms. The average Bonchev–Trinajstić information content (AvgIpc) is 2.88. The fourth-order valence-electron chi connectivity index (χ4n) is 4.79. The van der Waals surface area contributed by atoms with E-state index in [1.54, 1.807) is 19.7 Å². The van der Waals surface area contributed by atoms with E-state index in [0.717, 1.165) is 25.1 Å². The van der Waals surface area contributed by atoms with Gasteiger partial charge in [0.2, 0.25) is 10.0 Å². The first-order valence-corrected chi connectivity index (χ1v) is 13.3. The van der Waals surface area contributed by atoms with Gasteiger partial charge in [-0.2, -0.15) is 4.31 Å². The average molecular weight is 572 g/mol. The van der Waals surface area contributed by atoms with Crippen molar-refractivity contribution < 1.29 is 27.9 Å². The van der Waals surface area contributed by atoms with Gasteiger partial charge in [-0.05, 0) is 43.4 Å². The summed E-state index contributed by atoms with van der Waals surface area (Å²) in [5.41, 5.74) is 3.93. The molecule has 0 aliphatic carbocycles. The van der Waals surface area contributed by atoms with Gasteiger partial charge in [0, 0.05) is 72.3 Å². The molecular formula is C23H40Cl2N4O6S. The Labute approximate surface area is 227 Å². The third-order valence-electron chi connectivity index (χ3n) is 6.98. The maximum Gasteiger partial charge on any atom is 0.266 e. The fourth-order valence-corrected chi connectivity index (χ4v) is 6.91. The molecule has 0 saturated carbocycles. The zero-order valence-electron chi connectivity index (χ0n) is 21.1. The van der Waals surface area contributed by atoms with Gasteiger partial charge in [-0.25, -0.2) is 13.9 Å². The second-order valence-electron chi connectivity index (χ2n) is 8.92. The molecule has 36 heavy (non-hydrogen) atoms. The van der Waals surface area contributed by atoms with Crippen LogP contribution in [0.15, 0.2) is 24.3 Å². The number of sulfonamides is 1. The molecule has 10 nitrogen and oxygen atoms in total. The highest BCUT2D eigenvalue weighted by atomic mass is 35.5. The summed E-state index contributed by atoms with van der Waals surface area (Å²) in [6.07, 6.45) is 2.20. The van der Waals surface area contributed by atoms with E-state index in [4.69, 9.17) is 9.47 Å². The van der Waals surface area contributed by atoms with E-state index in [9.17, 15) is 18.4 Å². The second kappa shape index (κ2) is 15.3. The van der Waals surface area contributed by atoms with Crippen molar-refractivity contribution in [3.05, 3.63) is 29.8 Å². The Hall–Kier alpha value is -1.18. The number of nitrogens with zero attached hydrogens (tertiary/aromatic N) is 3. The first-order chi connectivity index (χ1) is 16.4. The zero-order chi connectivity index (χ0) is 24.6. The molecule has 2 heterocycles. The molecule has 2 aliphatic rings. The number of amides is 1. The Kier molecular flexibility index (Phi) is 13.9. The Bertz CT molecular complexity index is 890. The van der Waals surface area contributed by atoms with E-state index in [0.29, 0.717) is 52.4 Å². The quantitative estimate of drug-likeness (QED) is 0.234. The monoisotopic (exact) mass is 570 g/mol. The number of anilines is 1. The van der Waals surface area contributed by atoms with Gasteiger partial charge in [-0.1, -0.05) is 12.1 Å². The van der Waals surface area contributed by atoms with Crippen LogP contribution in [-0.2, 0) is 30.7 Å². The van der Waals surface area contributed by atoms with E-state index in [1.807, 2.05) is 0 Å². The van der Waals surface area contributed by atoms with Crippen LogP contribution in [0, 0.1) is 0 Å². The number of carbonyl (C=O) groups excluding carboxylic acids is 1. The lowest BCUT2D eigenvalue weighted by Crippen LogP contribution is -2.63. The predicted molar refractivity (Wildman–Crippen MR) is 144 cm³/mol. The molecule has 0 spiro atoms. The summed E-state index contributed by atoms with van der Waals surface area (Å²) in [4.78, 5) is 16.9. The van der Waals surface area contributed by atoms with Gasteiger partial charge < -0.3 is 19.3 Å². The normalized spacial score (nSPS) is 18.7. The maximum atomic E-state index is 13.7. The highest BCUT2D eigenvalue weighted by molar-refractivity contribution is 7.91. The zero-order valence-corrected chi connectivity index (χ0v) is 23.5. The van der Waals surface area contributed by atoms with Crippen molar-refractivity contribution >= 4 is 46.4 Å². The van der Waals surface area contributed by atoms with E-state index in [2.05, 4.69) is 34.1 Å². The Morgan fingerprint density at radius 2 is 1.56 bits per heavy atom. The number of methoxy groups -OCH3 is 2. The standard InChI is InChI=1S/C23H38N4O6S.2ClH/c1-32-18-3-4-20-5-7-21(8-6-20)26-13-15-27(16-14-26)34(30,31)23(22(28)24-29)9-11-25(12-10-23)17-19-33-2;;/h5-8,29H,3-4,9-19H2,1-2H3,(H,24,28);2*1H. The van der Waals surface area contributed by atoms with Crippen LogP contribution in [0.5, 0.6) is 0 Å². The molecule has 2 fully saturated rings. The van der Waals surface area contributed by atoms with Crippen molar-refractivity contribution in [3.63, 3.8) is 0 Å². The number of piperazine rings is 1. The van der Waals surface area contributed by atoms with Crippen molar-refractivity contribution in [3.8, 4) is 0 Å². The number of hydroxylamine groups is 1. The summed E-state index contributed by atoms with van der Waals surface area (Å²) in [6, 6.07) is 8.35. The number of rotatable bonds is 11. The van der Waals surface area contributed by atoms with Crippen LogP contribution in [0.25, 0.3) is 0 Å². The number of ether oxygens (including phenoxy) is 2. The molecule has 1 amide bonds. The highest BCUT2D eigenvalue weighted by Gasteiger charge is 2.55. The number of benzene rings is 1. The molecular weight excluding hydrogens is 531 g/mol. The molecule has 0 atom stereocenters. The first kappa shape index (κ1) is 32.8. The Morgan fingerprint density at radius 1 is 0.972 bits per heavy atom. The molecule has 208 valence electrons. The molecule has 0 unspecified atom stereocenters. The van der Waals surface area contributed by atoms with Crippen molar-refractivity contribution in [1.82, 2.24) is 14.7 Å². The molecule has 2 saturated heterocycles. The summed E-state index contributed by atoms with van der Waals surface area (Å²) in [6.45, 7) is 4.54. The van der Waals surface area contributed by atoms with E-state index in [-0.39, 0.29) is 37.7 Å². The molecule has 13 heteroatoms. The molecule has 1 aromatic carbocycles. The Balaban J connectivity index is 0.00000324. The number of carbonyl (C=O) groups is 1. The van der Waals surface area contributed by atoms with Crippen LogP contribution in [0.4, 0.5) is 5.69 Å². The molecule has 3 rings (SSSR count). The lowest BCUT2D eigenvalue weighted by atomic mass is 9.95. The van der Waals surface area contributed by atoms with Gasteiger partial charge in [0.1, 0.15) is 0 Å². The van der Waals surface area contributed by atoms with Crippen molar-refractivity contribution in [1.29, 1.82) is 0 Å². The van der Waals surface area contributed by atoms with E-state index in [1.165, 1.54) is 9.87 Å². The summed E-state index contributed by atoms with van der Waals surface area (Å²) in [7, 11) is -0.641. The second-order valence-corrected chi connectivity index (χ2v) is 11.2. The number of piperidine rings is 1. The number of hydrogen-bond acceptors (Lipinski definition) is 8. The largest absolute Gasteiger partial charge is 0.385 e. The third kappa shape index (κ3) is 7.44. The van der Waals surface area contributed by atoms with Gasteiger partial charge in [0.25, 0.3) is 5.91 Å². The molecule has 1 aromatic rings. The van der Waals surface area contributed by atoms with Crippen LogP contribution in [0.2, 0.25) is 0 Å². The smallest absolute Gasteiger partial charge is 0.266 e. The number of hydrogen-bond donors (Lipinski definition) is 2. The van der Waals surface area contributed by atoms with Crippen LogP contribution >= 0.6 is 24.8 Å². The molecule has 2 aliphatic heterocycles. The van der Waals surface area contributed by atoms with Gasteiger partial charge in [-0.3, -0.25) is 10.0 Å². The number of aryl methyl sites for hydroxylation is 1. The van der Waals surface area contributed by atoms with Crippen molar-refractivity contribution in [2.45, 2.75) is 30.4 Å². The number of halogens is 2. The van der Waals surface area contributed by atoms with Crippen molar-refractivity contribution in [2.75, 3.05) is 78.1 Å². The SMILES string of the molecule is COCCCc1ccc(N2CCN(S(=O)(=O)C3(C(=O)NO)CCN(CCOC)CC3)CC2)cc1.Cl.Cl. The van der Waals surface area contributed by atoms with Gasteiger partial charge in [0.15, 0.2) is 4.75 Å². The van der Waals surface area contributed by atoms with Gasteiger partial charge >= 0.3 is 0 Å². The summed E-state index contributed by atoms with van der Waals surface area (Å²) >= 11 is 0. The minimum absolute atomic E-state index is 0. The first-order valence-electron chi connectivity index (χ1n) is 11.9. The van der Waals surface area contributed by atoms with Gasteiger partial charge in [0.05, 0.1) is 6.61 Å². The minimum Gasteiger partial charge on any atom is -0.385 e. The van der Waals surface area contributed by atoms with Crippen LogP contribution < -0.4 is 10.4 Å². The number of nitrogens with one attached hydrogen (secondary N) is 1. The third-order valence-corrected chi connectivity index (χ3v) is 9.60. The topological polar surface area (TPSA) is 112 Å². The summed E-state index contributed by atoms with van der Waals surface area (Å²) in [5, 5.41) is 9.37. The molecule has 0 radical (unpaired) electrons. The molecule has 2 N–H and O–H groups in total. The lowest BCUT2D eigenvalue weighted by Gasteiger charge is -2.44. The lowest BCUT2D eigenvalue weighted by molar-refractivity contribution is -0.133. The highest BCUT2D eigenvalue weighted by Crippen LogP contribution is 2.34. The van der Waals surface area contributed by atoms with Crippen molar-refractivity contribution in [2.24, 2.45) is 0 Å². The predicted octanol–water partition coefficient (Wildman–Crippen LogP) is 1.55. The van der Waals surface area contributed by atoms with Crippen LogP contribution in [-0.4, -0.2) is 107 Å². The van der Waals surface area contributed by atoms with Gasteiger partial charge in [-0.15, -0.1) is 24.8 Å². The molecule has 0 aromatic heterocycles. The van der Waals surface area contributed by atoms with Crippen LogP contribution in [0.3, 0.4) is 0 Å². The minimum atomic E-state index is -3.96. The summed E-state index contributed by atoms with van der Waals surface area (Å²) < 4.78 is 37.3. The van der Waals surface area contributed by atoms with E-state index < -0.39 is 20.7 Å². The number of likely N-dealkylation sites (tertiary alicyclic amines) is 1. The fraction of sp³-hybridized carbons (Fsp3) is 0.696.